The van der Waals surface area contributed by atoms with Crippen molar-refractivity contribution >= 4 is 95.5 Å². The number of rotatable bonds is 4. The lowest BCUT2D eigenvalue weighted by molar-refractivity contribution is 1.24. The summed E-state index contributed by atoms with van der Waals surface area (Å²) in [6, 6.07) is 36.2. The highest BCUT2D eigenvalue weighted by Crippen LogP contribution is 2.43. The van der Waals surface area contributed by atoms with Crippen molar-refractivity contribution in [2.45, 2.75) is 0 Å². The van der Waals surface area contributed by atoms with Gasteiger partial charge in [0.25, 0.3) is 0 Å². The van der Waals surface area contributed by atoms with Crippen LogP contribution in [0.4, 0.5) is 0 Å². The number of hydrogen-bond acceptors (Lipinski definition) is 4. The SMILES string of the molecule is [2H]c1cc([2H])c(-c2c([2H])c([2H])c([2H])c3c2sc2c([2H])c([2H])c([2H])c([2H])c23)c([2H])c1-c1ncnc2c1sc1ccc(-c3cccc(-c4ccc5c6ccccc6c6ccccc6c5c4)c3)cc12. The maximum Gasteiger partial charge on any atom is 0.116 e. The van der Waals surface area contributed by atoms with Crippen molar-refractivity contribution in [2.75, 3.05) is 0 Å². The molecule has 3 heterocycles. The van der Waals surface area contributed by atoms with E-state index in [1.807, 2.05) is 6.07 Å². The maximum absolute atomic E-state index is 9.64. The largest absolute Gasteiger partial charge is 0.235 e. The minimum Gasteiger partial charge on any atom is -0.235 e. The highest BCUT2D eigenvalue weighted by atomic mass is 32.1. The number of benzene rings is 9. The number of nitrogens with zero attached hydrogens (tertiary/aromatic N) is 2. The second-order valence-corrected chi connectivity index (χ2v) is 15.8. The maximum atomic E-state index is 9.64. The van der Waals surface area contributed by atoms with Gasteiger partial charge in [-0.3, -0.25) is 0 Å². The Kier molecular flexibility index (Phi) is 5.15. The molecule has 12 rings (SSSR count). The van der Waals surface area contributed by atoms with Crippen LogP contribution in [0.25, 0.3) is 117 Å². The van der Waals surface area contributed by atoms with Crippen molar-refractivity contribution in [3.8, 4) is 44.6 Å². The average molecular weight is 757 g/mol. The molecule has 0 radical (unpaired) electrons. The van der Waals surface area contributed by atoms with Crippen LogP contribution in [0.2, 0.25) is 0 Å². The fourth-order valence-corrected chi connectivity index (χ4v) is 10.2. The van der Waals surface area contributed by atoms with Crippen LogP contribution in [0.1, 0.15) is 13.7 Å². The van der Waals surface area contributed by atoms with Gasteiger partial charge < -0.3 is 0 Å². The summed E-state index contributed by atoms with van der Waals surface area (Å²) in [6.07, 6.45) is 1.40. The third kappa shape index (κ3) is 4.86. The minimum atomic E-state index is -0.505. The number of aromatic nitrogens is 2. The summed E-state index contributed by atoms with van der Waals surface area (Å²) in [4.78, 5) is 9.35. The lowest BCUT2D eigenvalue weighted by Crippen LogP contribution is -1.87. The highest BCUT2D eigenvalue weighted by molar-refractivity contribution is 7.26. The van der Waals surface area contributed by atoms with Gasteiger partial charge in [0.05, 0.1) is 29.6 Å². The zero-order chi connectivity index (χ0) is 45.4. The molecular weight excluding hydrogens is 717 g/mol. The van der Waals surface area contributed by atoms with Gasteiger partial charge in [0, 0.05) is 35.8 Å². The predicted octanol–water partition coefficient (Wildman–Crippen LogP) is 15.3. The molecule has 0 bridgehead atoms. The van der Waals surface area contributed by atoms with Gasteiger partial charge in [0.2, 0.25) is 0 Å². The molecule has 0 saturated carbocycles. The van der Waals surface area contributed by atoms with Gasteiger partial charge in [-0.05, 0) is 102 Å². The average Bonchev–Trinajstić information content (AvgIpc) is 3.93. The Morgan fingerprint density at radius 3 is 1.84 bits per heavy atom. The monoisotopic (exact) mass is 756 g/mol. The second kappa shape index (κ2) is 12.4. The Labute approximate surface area is 344 Å². The van der Waals surface area contributed by atoms with E-state index in [9.17, 15) is 1.37 Å². The van der Waals surface area contributed by atoms with Crippen molar-refractivity contribution < 1.29 is 13.7 Å². The van der Waals surface area contributed by atoms with Gasteiger partial charge in [-0.25, -0.2) is 9.97 Å². The number of thiophene rings is 2. The van der Waals surface area contributed by atoms with E-state index in [0.717, 1.165) is 43.7 Å². The topological polar surface area (TPSA) is 25.8 Å². The van der Waals surface area contributed by atoms with Crippen molar-refractivity contribution in [3.63, 3.8) is 0 Å². The first-order chi connectivity index (χ1) is 31.9. The molecule has 0 saturated heterocycles. The molecule has 0 aliphatic rings. The summed E-state index contributed by atoms with van der Waals surface area (Å²) < 4.78 is 90.3. The number of hydrogen-bond donors (Lipinski definition) is 0. The Morgan fingerprint density at radius 2 is 1.04 bits per heavy atom. The van der Waals surface area contributed by atoms with E-state index in [4.69, 9.17) is 17.3 Å². The van der Waals surface area contributed by atoms with E-state index in [1.54, 1.807) is 0 Å². The normalized spacial score (nSPS) is 14.4. The van der Waals surface area contributed by atoms with E-state index in [0.29, 0.717) is 15.9 Å². The first kappa shape index (κ1) is 23.3. The fourth-order valence-electron chi connectivity index (χ4n) is 8.04. The van der Waals surface area contributed by atoms with E-state index < -0.39 is 24.2 Å². The van der Waals surface area contributed by atoms with Crippen LogP contribution in [0.5, 0.6) is 0 Å². The second-order valence-electron chi connectivity index (χ2n) is 13.7. The Hall–Kier alpha value is -6.72. The van der Waals surface area contributed by atoms with E-state index in [-0.39, 0.29) is 73.1 Å². The Bertz CT molecular complexity index is 4110. The standard InChI is InChI=1S/C52H30N2S2/c1-2-16-40-38(14-1)39-15-3-4-17-41(39)45-28-33(22-24-42(40)45)31-10-7-11-32(26-31)34-23-25-48-46(29-34)50-52(56-48)49(53-30-54-50)36-13-8-12-35(27-36)37-19-9-20-44-43-18-5-6-21-47(43)55-51(37)44/h1-30H/i5D,6D,9D,12D,13D,18D,19D,20D,21D,27D. The van der Waals surface area contributed by atoms with Gasteiger partial charge in [-0.15, -0.1) is 22.7 Å². The molecule has 2 nitrogen and oxygen atoms in total. The van der Waals surface area contributed by atoms with Crippen LogP contribution in [-0.2, 0) is 0 Å². The summed E-state index contributed by atoms with van der Waals surface area (Å²) in [6.45, 7) is 0. The molecule has 0 amide bonds. The quantitative estimate of drug-likeness (QED) is 0.167. The van der Waals surface area contributed by atoms with Gasteiger partial charge in [0.1, 0.15) is 6.33 Å². The van der Waals surface area contributed by atoms with E-state index >= 15 is 0 Å². The minimum absolute atomic E-state index is 0.0145. The Morgan fingerprint density at radius 1 is 0.393 bits per heavy atom. The van der Waals surface area contributed by atoms with Crippen LogP contribution in [-0.4, -0.2) is 9.97 Å². The summed E-state index contributed by atoms with van der Waals surface area (Å²) in [5.41, 5.74) is 5.13. The molecule has 56 heavy (non-hydrogen) atoms. The molecule has 0 aliphatic carbocycles. The molecule has 3 aromatic heterocycles. The third-order valence-electron chi connectivity index (χ3n) is 10.6. The highest BCUT2D eigenvalue weighted by Gasteiger charge is 2.17. The van der Waals surface area contributed by atoms with Crippen molar-refractivity contribution in [1.29, 1.82) is 0 Å². The zero-order valence-corrected chi connectivity index (χ0v) is 30.9. The lowest BCUT2D eigenvalue weighted by Gasteiger charge is -2.12. The van der Waals surface area contributed by atoms with Crippen molar-refractivity contribution in [2.24, 2.45) is 0 Å². The van der Waals surface area contributed by atoms with Gasteiger partial charge in [0.15, 0.2) is 0 Å². The fraction of sp³-hybridized carbons (Fsp3) is 0. The smallest absolute Gasteiger partial charge is 0.116 e. The van der Waals surface area contributed by atoms with E-state index in [2.05, 4.69) is 108 Å². The molecule has 9 aromatic carbocycles. The predicted molar refractivity (Wildman–Crippen MR) is 242 cm³/mol. The molecule has 12 aromatic rings. The van der Waals surface area contributed by atoms with Crippen molar-refractivity contribution in [3.05, 3.63) is 182 Å². The molecule has 0 aliphatic heterocycles. The summed E-state index contributed by atoms with van der Waals surface area (Å²) in [5.74, 6) is 0. The lowest BCUT2D eigenvalue weighted by atomic mass is 9.91. The molecule has 0 N–H and O–H groups in total. The van der Waals surface area contributed by atoms with Crippen LogP contribution in [0.15, 0.2) is 182 Å². The summed E-state index contributed by atoms with van der Waals surface area (Å²) in [7, 11) is 0. The first-order valence-corrected chi connectivity index (χ1v) is 19.7. The molecule has 4 heteroatoms. The van der Waals surface area contributed by atoms with Crippen LogP contribution < -0.4 is 0 Å². The third-order valence-corrected chi connectivity index (χ3v) is 12.9. The van der Waals surface area contributed by atoms with Crippen LogP contribution >= 0.6 is 22.7 Å². The summed E-state index contributed by atoms with van der Waals surface area (Å²) in [5, 5.41) is 8.28. The molecule has 0 unspecified atom stereocenters. The molecule has 260 valence electrons. The molecule has 0 spiro atoms. The summed E-state index contributed by atoms with van der Waals surface area (Å²) >= 11 is 2.37. The molecule has 0 atom stereocenters. The Balaban J connectivity index is 0.993. The first-order valence-electron chi connectivity index (χ1n) is 23.1. The van der Waals surface area contributed by atoms with Crippen LogP contribution in [0, 0.1) is 0 Å². The van der Waals surface area contributed by atoms with Crippen LogP contribution in [0.3, 0.4) is 0 Å². The zero-order valence-electron chi connectivity index (χ0n) is 39.3. The molecular formula is C52H30N2S2. The van der Waals surface area contributed by atoms with Gasteiger partial charge >= 0.3 is 0 Å². The molecule has 0 fully saturated rings. The van der Waals surface area contributed by atoms with Gasteiger partial charge in [-0.2, -0.15) is 0 Å². The van der Waals surface area contributed by atoms with Crippen molar-refractivity contribution in [1.82, 2.24) is 9.97 Å². The number of fused-ring (bicyclic) bond motifs is 12. The van der Waals surface area contributed by atoms with E-state index in [1.165, 1.54) is 56.0 Å². The van der Waals surface area contributed by atoms with Gasteiger partial charge in [-0.1, -0.05) is 139 Å².